The van der Waals surface area contributed by atoms with Crippen molar-refractivity contribution in [3.05, 3.63) is 0 Å². The molecule has 0 rings (SSSR count). The quantitative estimate of drug-likeness (QED) is 0.563. The van der Waals surface area contributed by atoms with E-state index in [-0.39, 0.29) is 6.61 Å². The maximum atomic E-state index is 8.99. The first-order valence-corrected chi connectivity index (χ1v) is 6.61. The summed E-state index contributed by atoms with van der Waals surface area (Å²) in [5.41, 5.74) is 5.67. The minimum atomic E-state index is 0.230. The predicted octanol–water partition coefficient (Wildman–Crippen LogP) is 0.673. The third-order valence-electron chi connectivity index (χ3n) is 2.60. The molecule has 0 aromatic carbocycles. The van der Waals surface area contributed by atoms with Crippen LogP contribution < -0.4 is 11.1 Å². The summed E-state index contributed by atoms with van der Waals surface area (Å²) < 4.78 is 0. The normalized spacial score (nSPS) is 17.8. The molecule has 0 bridgehead atoms. The maximum Gasteiger partial charge on any atom is 0.0471 e. The van der Waals surface area contributed by atoms with Crippen LogP contribution in [0.2, 0.25) is 0 Å². The Kier molecular flexibility index (Phi) is 8.67. The van der Waals surface area contributed by atoms with Crippen LogP contribution in [0.5, 0.6) is 0 Å². The highest BCUT2D eigenvalue weighted by Gasteiger charge is 2.14. The lowest BCUT2D eigenvalue weighted by Crippen LogP contribution is -2.45. The monoisotopic (exact) mass is 220 g/mol. The lowest BCUT2D eigenvalue weighted by molar-refractivity contribution is 0.200. The van der Waals surface area contributed by atoms with E-state index >= 15 is 0 Å². The summed E-state index contributed by atoms with van der Waals surface area (Å²) in [5.74, 6) is 1.42. The van der Waals surface area contributed by atoms with Crippen molar-refractivity contribution in [1.82, 2.24) is 5.32 Å². The molecule has 0 radical (unpaired) electrons. The summed E-state index contributed by atoms with van der Waals surface area (Å²) in [6.07, 6.45) is 3.20. The van der Waals surface area contributed by atoms with Crippen molar-refractivity contribution in [3.63, 3.8) is 0 Å². The summed E-state index contributed by atoms with van der Waals surface area (Å²) >= 11 is 1.84. The molecule has 0 aromatic rings. The second-order valence-electron chi connectivity index (χ2n) is 3.83. The molecule has 0 aliphatic heterocycles. The van der Waals surface area contributed by atoms with Gasteiger partial charge in [-0.25, -0.2) is 0 Å². The van der Waals surface area contributed by atoms with Gasteiger partial charge in [-0.2, -0.15) is 11.8 Å². The van der Waals surface area contributed by atoms with Gasteiger partial charge in [-0.3, -0.25) is 0 Å². The van der Waals surface area contributed by atoms with Crippen LogP contribution in [-0.2, 0) is 0 Å². The smallest absolute Gasteiger partial charge is 0.0471 e. The number of hydrogen-bond donors (Lipinski definition) is 3. The van der Waals surface area contributed by atoms with E-state index in [0.717, 1.165) is 12.2 Å². The van der Waals surface area contributed by atoms with Crippen molar-refractivity contribution in [2.75, 3.05) is 25.2 Å². The van der Waals surface area contributed by atoms with Crippen molar-refractivity contribution in [3.8, 4) is 0 Å². The third kappa shape index (κ3) is 5.86. The lowest BCUT2D eigenvalue weighted by atomic mass is 10.0. The molecular weight excluding hydrogens is 196 g/mol. The van der Waals surface area contributed by atoms with E-state index in [0.29, 0.717) is 24.5 Å². The van der Waals surface area contributed by atoms with E-state index in [1.807, 2.05) is 18.7 Å². The van der Waals surface area contributed by atoms with Crippen LogP contribution in [0.4, 0.5) is 0 Å². The summed E-state index contributed by atoms with van der Waals surface area (Å²) in [6, 6.07) is 0.710. The molecule has 0 saturated heterocycles. The fourth-order valence-corrected chi connectivity index (χ4v) is 1.74. The van der Waals surface area contributed by atoms with Crippen LogP contribution in [0.1, 0.15) is 20.3 Å². The zero-order valence-corrected chi connectivity index (χ0v) is 10.3. The minimum absolute atomic E-state index is 0.230. The Bertz CT molecular complexity index is 135. The van der Waals surface area contributed by atoms with Crippen LogP contribution in [0.25, 0.3) is 0 Å². The van der Waals surface area contributed by atoms with Crippen LogP contribution >= 0.6 is 11.8 Å². The van der Waals surface area contributed by atoms with E-state index in [4.69, 9.17) is 10.8 Å². The van der Waals surface area contributed by atoms with Gasteiger partial charge in [-0.05, 0) is 31.3 Å². The molecule has 3 atom stereocenters. The second-order valence-corrected chi connectivity index (χ2v) is 4.81. The summed E-state index contributed by atoms with van der Waals surface area (Å²) in [6.45, 7) is 5.04. The zero-order valence-electron chi connectivity index (χ0n) is 9.49. The molecule has 0 fully saturated rings. The first kappa shape index (κ1) is 14.2. The molecule has 4 heteroatoms. The van der Waals surface area contributed by atoms with Crippen molar-refractivity contribution in [2.24, 2.45) is 11.7 Å². The molecule has 86 valence electrons. The molecule has 14 heavy (non-hydrogen) atoms. The van der Waals surface area contributed by atoms with Crippen LogP contribution in [0.15, 0.2) is 0 Å². The van der Waals surface area contributed by atoms with Gasteiger partial charge < -0.3 is 16.2 Å². The molecule has 0 heterocycles. The number of aliphatic hydroxyl groups excluding tert-OH is 1. The highest BCUT2D eigenvalue weighted by molar-refractivity contribution is 7.98. The molecule has 0 spiro atoms. The Morgan fingerprint density at radius 2 is 2.07 bits per heavy atom. The summed E-state index contributed by atoms with van der Waals surface area (Å²) in [7, 11) is 0. The maximum absolute atomic E-state index is 8.99. The molecule has 0 saturated carbocycles. The largest absolute Gasteiger partial charge is 0.396 e. The van der Waals surface area contributed by atoms with Crippen molar-refractivity contribution in [1.29, 1.82) is 0 Å². The number of aliphatic hydroxyl groups is 1. The Labute approximate surface area is 91.8 Å². The van der Waals surface area contributed by atoms with Gasteiger partial charge in [-0.15, -0.1) is 0 Å². The van der Waals surface area contributed by atoms with E-state index in [1.165, 1.54) is 0 Å². The third-order valence-corrected chi connectivity index (χ3v) is 3.24. The molecule has 0 aliphatic carbocycles. The van der Waals surface area contributed by atoms with Gasteiger partial charge in [0.1, 0.15) is 0 Å². The highest BCUT2D eigenvalue weighted by Crippen LogP contribution is 2.05. The van der Waals surface area contributed by atoms with Gasteiger partial charge in [-0.1, -0.05) is 6.92 Å². The fraction of sp³-hybridized carbons (Fsp3) is 1.00. The SMILES string of the molecule is CSCCC(CN)NC(C)C(C)CO. The molecule has 0 aromatic heterocycles. The van der Waals surface area contributed by atoms with Gasteiger partial charge in [0.25, 0.3) is 0 Å². The zero-order chi connectivity index (χ0) is 11.0. The standard InChI is InChI=1S/C10H24N2OS/c1-8(7-13)9(2)12-10(6-11)4-5-14-3/h8-10,12-13H,4-7,11H2,1-3H3. The molecular formula is C10H24N2OS. The number of rotatable bonds is 8. The predicted molar refractivity (Wildman–Crippen MR) is 64.7 cm³/mol. The van der Waals surface area contributed by atoms with Crippen molar-refractivity contribution >= 4 is 11.8 Å². The van der Waals surface area contributed by atoms with E-state index < -0.39 is 0 Å². The number of hydrogen-bond acceptors (Lipinski definition) is 4. The second kappa shape index (κ2) is 8.53. The fourth-order valence-electron chi connectivity index (χ4n) is 1.22. The van der Waals surface area contributed by atoms with E-state index in [9.17, 15) is 0 Å². The topological polar surface area (TPSA) is 58.3 Å². The van der Waals surface area contributed by atoms with Crippen LogP contribution in [-0.4, -0.2) is 42.4 Å². The van der Waals surface area contributed by atoms with Gasteiger partial charge >= 0.3 is 0 Å². The summed E-state index contributed by atoms with van der Waals surface area (Å²) in [4.78, 5) is 0. The Hall–Kier alpha value is 0.230. The van der Waals surface area contributed by atoms with Gasteiger partial charge in [0.05, 0.1) is 0 Å². The number of thioether (sulfide) groups is 1. The first-order chi connectivity index (χ1) is 6.65. The Balaban J connectivity index is 3.79. The van der Waals surface area contributed by atoms with Gasteiger partial charge in [0.15, 0.2) is 0 Å². The molecule has 4 N–H and O–H groups in total. The van der Waals surface area contributed by atoms with Crippen molar-refractivity contribution < 1.29 is 5.11 Å². The highest BCUT2D eigenvalue weighted by atomic mass is 32.2. The number of nitrogens with two attached hydrogens (primary N) is 1. The van der Waals surface area contributed by atoms with E-state index in [1.54, 1.807) is 0 Å². The number of nitrogens with one attached hydrogen (secondary N) is 1. The Morgan fingerprint density at radius 1 is 1.43 bits per heavy atom. The van der Waals surface area contributed by atoms with Gasteiger partial charge in [0.2, 0.25) is 0 Å². The molecule has 3 unspecified atom stereocenters. The Morgan fingerprint density at radius 3 is 2.50 bits per heavy atom. The first-order valence-electron chi connectivity index (χ1n) is 5.21. The average molecular weight is 220 g/mol. The molecule has 3 nitrogen and oxygen atoms in total. The van der Waals surface area contributed by atoms with Crippen LogP contribution in [0, 0.1) is 5.92 Å². The minimum Gasteiger partial charge on any atom is -0.396 e. The average Bonchev–Trinajstić information content (AvgIpc) is 2.22. The van der Waals surface area contributed by atoms with Gasteiger partial charge in [0, 0.05) is 25.2 Å². The molecule has 0 aliphatic rings. The van der Waals surface area contributed by atoms with Crippen LogP contribution in [0.3, 0.4) is 0 Å². The summed E-state index contributed by atoms with van der Waals surface area (Å²) in [5, 5.41) is 12.4. The molecule has 0 amide bonds. The lowest BCUT2D eigenvalue weighted by Gasteiger charge is -2.25. The van der Waals surface area contributed by atoms with Crippen molar-refractivity contribution in [2.45, 2.75) is 32.4 Å². The van der Waals surface area contributed by atoms with E-state index in [2.05, 4.69) is 18.5 Å².